The molecule has 0 aliphatic carbocycles. The molecule has 3 aromatic rings. The van der Waals surface area contributed by atoms with E-state index in [9.17, 15) is 4.79 Å². The summed E-state index contributed by atoms with van der Waals surface area (Å²) in [7, 11) is 0. The van der Waals surface area contributed by atoms with Crippen LogP contribution in [-0.2, 0) is 6.42 Å². The van der Waals surface area contributed by atoms with E-state index < -0.39 is 0 Å². The van der Waals surface area contributed by atoms with Gasteiger partial charge in [-0.1, -0.05) is 54.1 Å². The van der Waals surface area contributed by atoms with Crippen molar-refractivity contribution in [1.82, 2.24) is 5.32 Å². The minimum Gasteiger partial charge on any atom is -0.351 e. The first-order valence-electron chi connectivity index (χ1n) is 7.39. The van der Waals surface area contributed by atoms with Crippen LogP contribution in [0.3, 0.4) is 0 Å². The van der Waals surface area contributed by atoms with Crippen molar-refractivity contribution in [3.63, 3.8) is 0 Å². The highest BCUT2D eigenvalue weighted by atomic mass is 35.5. The van der Waals surface area contributed by atoms with Gasteiger partial charge in [0, 0.05) is 17.1 Å². The van der Waals surface area contributed by atoms with Crippen molar-refractivity contribution in [2.24, 2.45) is 0 Å². The predicted molar refractivity (Wildman–Crippen MR) is 97.2 cm³/mol. The summed E-state index contributed by atoms with van der Waals surface area (Å²) in [5.74, 6) is -0.0270. The fraction of sp³-hybridized carbons (Fsp3) is 0.105. The zero-order valence-electron chi connectivity index (χ0n) is 12.5. The maximum absolute atomic E-state index is 12.4. The van der Waals surface area contributed by atoms with Gasteiger partial charge in [0.05, 0.1) is 4.88 Å². The van der Waals surface area contributed by atoms with E-state index in [1.54, 1.807) is 0 Å². The first kappa shape index (κ1) is 15.8. The van der Waals surface area contributed by atoms with Gasteiger partial charge in [-0.2, -0.15) is 0 Å². The third kappa shape index (κ3) is 4.01. The molecule has 23 heavy (non-hydrogen) atoms. The number of benzene rings is 2. The molecule has 0 fully saturated rings. The van der Waals surface area contributed by atoms with Gasteiger partial charge < -0.3 is 5.32 Å². The van der Waals surface area contributed by atoms with Crippen LogP contribution in [0.2, 0.25) is 5.02 Å². The van der Waals surface area contributed by atoms with Gasteiger partial charge >= 0.3 is 0 Å². The second-order valence-electron chi connectivity index (χ2n) is 5.17. The van der Waals surface area contributed by atoms with Crippen LogP contribution in [0.4, 0.5) is 0 Å². The van der Waals surface area contributed by atoms with Crippen molar-refractivity contribution in [3.05, 3.63) is 81.5 Å². The zero-order chi connectivity index (χ0) is 16.1. The maximum atomic E-state index is 12.4. The van der Waals surface area contributed by atoms with Crippen molar-refractivity contribution in [1.29, 1.82) is 0 Å². The molecular weight excluding hydrogens is 326 g/mol. The molecule has 0 saturated heterocycles. The molecule has 1 aromatic heterocycles. The normalized spacial score (nSPS) is 10.5. The largest absolute Gasteiger partial charge is 0.351 e. The van der Waals surface area contributed by atoms with Crippen molar-refractivity contribution in [3.8, 4) is 11.1 Å². The van der Waals surface area contributed by atoms with Gasteiger partial charge in [-0.15, -0.1) is 11.3 Å². The van der Waals surface area contributed by atoms with Gasteiger partial charge in [0.15, 0.2) is 0 Å². The number of halogens is 1. The standard InChI is InChI=1S/C19H16ClNOS/c20-16-8-4-5-14(13-16)9-11-21-19(22)18-17(10-12-23-18)15-6-2-1-3-7-15/h1-8,10,12-13H,9,11H2,(H,21,22). The number of amides is 1. The van der Waals surface area contributed by atoms with Crippen LogP contribution in [0.15, 0.2) is 66.0 Å². The van der Waals surface area contributed by atoms with Gasteiger partial charge in [0.2, 0.25) is 0 Å². The molecule has 0 bridgehead atoms. The topological polar surface area (TPSA) is 29.1 Å². The van der Waals surface area contributed by atoms with E-state index in [4.69, 9.17) is 11.6 Å². The quantitative estimate of drug-likeness (QED) is 0.692. The lowest BCUT2D eigenvalue weighted by molar-refractivity contribution is 0.0959. The van der Waals surface area contributed by atoms with Crippen LogP contribution in [-0.4, -0.2) is 12.5 Å². The molecule has 116 valence electrons. The summed E-state index contributed by atoms with van der Waals surface area (Å²) < 4.78 is 0. The Hall–Kier alpha value is -2.10. The average Bonchev–Trinajstić information content (AvgIpc) is 3.05. The minimum absolute atomic E-state index is 0.0270. The maximum Gasteiger partial charge on any atom is 0.261 e. The Bertz CT molecular complexity index is 798. The van der Waals surface area contributed by atoms with Crippen LogP contribution in [0.1, 0.15) is 15.2 Å². The minimum atomic E-state index is -0.0270. The average molecular weight is 342 g/mol. The van der Waals surface area contributed by atoms with Crippen LogP contribution >= 0.6 is 22.9 Å². The van der Waals surface area contributed by atoms with Crippen LogP contribution in [0, 0.1) is 0 Å². The fourth-order valence-electron chi connectivity index (χ4n) is 2.42. The molecule has 0 unspecified atom stereocenters. The number of hydrogen-bond acceptors (Lipinski definition) is 2. The first-order valence-corrected chi connectivity index (χ1v) is 8.65. The van der Waals surface area contributed by atoms with Crippen molar-refractivity contribution >= 4 is 28.8 Å². The molecule has 1 amide bonds. The highest BCUT2D eigenvalue weighted by Crippen LogP contribution is 2.28. The molecule has 1 N–H and O–H groups in total. The van der Waals surface area contributed by atoms with Crippen LogP contribution in [0.25, 0.3) is 11.1 Å². The Morgan fingerprint density at radius 2 is 1.87 bits per heavy atom. The monoisotopic (exact) mass is 341 g/mol. The molecule has 1 heterocycles. The fourth-order valence-corrected chi connectivity index (χ4v) is 3.47. The summed E-state index contributed by atoms with van der Waals surface area (Å²) in [5.41, 5.74) is 3.16. The van der Waals surface area contributed by atoms with E-state index in [0.717, 1.165) is 33.0 Å². The van der Waals surface area contributed by atoms with Crippen molar-refractivity contribution < 1.29 is 4.79 Å². The number of hydrogen-bond donors (Lipinski definition) is 1. The van der Waals surface area contributed by atoms with E-state index in [0.29, 0.717) is 6.54 Å². The van der Waals surface area contributed by atoms with Crippen molar-refractivity contribution in [2.45, 2.75) is 6.42 Å². The van der Waals surface area contributed by atoms with Gasteiger partial charge in [0.1, 0.15) is 0 Å². The van der Waals surface area contributed by atoms with E-state index in [1.807, 2.05) is 66.0 Å². The molecule has 0 atom stereocenters. The molecule has 0 saturated carbocycles. The third-order valence-electron chi connectivity index (χ3n) is 3.54. The first-order chi connectivity index (χ1) is 11.2. The summed E-state index contributed by atoms with van der Waals surface area (Å²) >= 11 is 7.44. The van der Waals surface area contributed by atoms with Crippen LogP contribution in [0.5, 0.6) is 0 Å². The second kappa shape index (κ2) is 7.44. The second-order valence-corrected chi connectivity index (χ2v) is 6.52. The summed E-state index contributed by atoms with van der Waals surface area (Å²) in [6, 6.07) is 19.7. The lowest BCUT2D eigenvalue weighted by Gasteiger charge is -2.07. The Labute approximate surface area is 144 Å². The molecule has 0 aliphatic heterocycles. The zero-order valence-corrected chi connectivity index (χ0v) is 14.0. The summed E-state index contributed by atoms with van der Waals surface area (Å²) in [4.78, 5) is 13.2. The van der Waals surface area contributed by atoms with Crippen LogP contribution < -0.4 is 5.32 Å². The molecular formula is C19H16ClNOS. The number of carbonyl (C=O) groups excluding carboxylic acids is 1. The van der Waals surface area contributed by atoms with Crippen molar-refractivity contribution in [2.75, 3.05) is 6.54 Å². The Morgan fingerprint density at radius 1 is 1.04 bits per heavy atom. The smallest absolute Gasteiger partial charge is 0.261 e. The Kier molecular flexibility index (Phi) is 5.11. The SMILES string of the molecule is O=C(NCCc1cccc(Cl)c1)c1sccc1-c1ccccc1. The molecule has 2 nitrogen and oxygen atoms in total. The lowest BCUT2D eigenvalue weighted by atomic mass is 10.1. The molecule has 0 spiro atoms. The third-order valence-corrected chi connectivity index (χ3v) is 4.69. The predicted octanol–water partition coefficient (Wildman–Crippen LogP) is 5.04. The van der Waals surface area contributed by atoms with Gasteiger partial charge in [-0.25, -0.2) is 0 Å². The van der Waals surface area contributed by atoms with E-state index in [2.05, 4.69) is 5.32 Å². The van der Waals surface area contributed by atoms with Gasteiger partial charge in [0.25, 0.3) is 5.91 Å². The number of carbonyl (C=O) groups is 1. The summed E-state index contributed by atoms with van der Waals surface area (Å²) in [6.45, 7) is 0.589. The number of nitrogens with one attached hydrogen (secondary N) is 1. The van der Waals surface area contributed by atoms with E-state index in [1.165, 1.54) is 11.3 Å². The molecule has 3 rings (SSSR count). The summed E-state index contributed by atoms with van der Waals surface area (Å²) in [5, 5.41) is 5.66. The molecule has 2 aromatic carbocycles. The van der Waals surface area contributed by atoms with Gasteiger partial charge in [-0.05, 0) is 41.1 Å². The number of rotatable bonds is 5. The highest BCUT2D eigenvalue weighted by Gasteiger charge is 2.13. The molecule has 0 aliphatic rings. The van der Waals surface area contributed by atoms with E-state index in [-0.39, 0.29) is 5.91 Å². The number of thiophene rings is 1. The van der Waals surface area contributed by atoms with Gasteiger partial charge in [-0.3, -0.25) is 4.79 Å². The lowest BCUT2D eigenvalue weighted by Crippen LogP contribution is -2.25. The molecule has 0 radical (unpaired) electrons. The summed E-state index contributed by atoms with van der Waals surface area (Å²) in [6.07, 6.45) is 0.762. The molecule has 4 heteroatoms. The van der Waals surface area contributed by atoms with E-state index >= 15 is 0 Å². The Balaban J connectivity index is 1.64. The Morgan fingerprint density at radius 3 is 2.65 bits per heavy atom. The highest BCUT2D eigenvalue weighted by molar-refractivity contribution is 7.12.